The number of nitrogens with one attached hydrogen (secondary N) is 1. The Morgan fingerprint density at radius 1 is 1.17 bits per heavy atom. The number of amides is 2. The zero-order valence-electron chi connectivity index (χ0n) is 18.0. The molecule has 0 spiro atoms. The molecule has 1 saturated heterocycles. The van der Waals surface area contributed by atoms with Gasteiger partial charge in [-0.3, -0.25) is 14.5 Å². The van der Waals surface area contributed by atoms with Crippen molar-refractivity contribution in [2.75, 3.05) is 36.4 Å². The molecule has 1 N–H and O–H groups in total. The molecule has 4 rings (SSSR count). The lowest BCUT2D eigenvalue weighted by molar-refractivity contribution is -0.121. The van der Waals surface area contributed by atoms with Crippen molar-refractivity contribution < 1.29 is 9.59 Å². The summed E-state index contributed by atoms with van der Waals surface area (Å²) >= 11 is 1.52. The third-order valence-corrected chi connectivity index (χ3v) is 6.75. The van der Waals surface area contributed by atoms with Crippen molar-refractivity contribution >= 4 is 34.0 Å². The summed E-state index contributed by atoms with van der Waals surface area (Å²) in [6.45, 7) is 9.09. The fourth-order valence-electron chi connectivity index (χ4n) is 4.29. The highest BCUT2D eigenvalue weighted by molar-refractivity contribution is 7.16. The fraction of sp³-hybridized carbons (Fsp3) is 0.522. The van der Waals surface area contributed by atoms with Gasteiger partial charge in [0.15, 0.2) is 5.13 Å². The molecule has 1 aromatic heterocycles. The Labute approximate surface area is 182 Å². The van der Waals surface area contributed by atoms with Crippen LogP contribution in [0, 0.1) is 12.8 Å². The second-order valence-electron chi connectivity index (χ2n) is 8.55. The standard InChI is InChI=1S/C23H30N4O2S/c1-15(2)22(29)27-12-9-17-13-18(7-8-19(17)27)21-16(3)30-23(25-21)24-20(28)14-26-10-5-4-6-11-26/h7-8,13,15H,4-6,9-12,14H2,1-3H3,(H,24,25,28). The van der Waals surface area contributed by atoms with Gasteiger partial charge in [-0.2, -0.15) is 0 Å². The van der Waals surface area contributed by atoms with Crippen molar-refractivity contribution in [2.24, 2.45) is 5.92 Å². The number of carbonyl (C=O) groups is 2. The first kappa shape index (κ1) is 21.0. The normalized spacial score (nSPS) is 16.7. The number of rotatable bonds is 5. The first-order valence-corrected chi connectivity index (χ1v) is 11.7. The average Bonchev–Trinajstić information content (AvgIpc) is 3.30. The molecule has 0 unspecified atom stereocenters. The summed E-state index contributed by atoms with van der Waals surface area (Å²) in [6.07, 6.45) is 4.47. The van der Waals surface area contributed by atoms with Crippen molar-refractivity contribution in [1.82, 2.24) is 9.88 Å². The number of hydrogen-bond donors (Lipinski definition) is 1. The second-order valence-corrected chi connectivity index (χ2v) is 9.75. The van der Waals surface area contributed by atoms with E-state index in [0.29, 0.717) is 11.7 Å². The van der Waals surface area contributed by atoms with Crippen molar-refractivity contribution in [1.29, 1.82) is 0 Å². The van der Waals surface area contributed by atoms with Crippen LogP contribution in [0.5, 0.6) is 0 Å². The van der Waals surface area contributed by atoms with Crippen LogP contribution < -0.4 is 10.2 Å². The predicted octanol–water partition coefficient (Wildman–Crippen LogP) is 4.09. The molecule has 30 heavy (non-hydrogen) atoms. The van der Waals surface area contributed by atoms with E-state index in [9.17, 15) is 9.59 Å². The van der Waals surface area contributed by atoms with E-state index in [0.717, 1.165) is 47.9 Å². The molecule has 0 radical (unpaired) electrons. The third kappa shape index (κ3) is 4.42. The van der Waals surface area contributed by atoms with E-state index >= 15 is 0 Å². The van der Waals surface area contributed by atoms with Gasteiger partial charge in [0, 0.05) is 28.6 Å². The molecule has 0 saturated carbocycles. The van der Waals surface area contributed by atoms with Crippen molar-refractivity contribution in [2.45, 2.75) is 46.5 Å². The first-order chi connectivity index (χ1) is 14.4. The lowest BCUT2D eigenvalue weighted by atomic mass is 10.1. The van der Waals surface area contributed by atoms with E-state index in [1.807, 2.05) is 37.8 Å². The maximum atomic E-state index is 12.4. The quantitative estimate of drug-likeness (QED) is 0.782. The highest BCUT2D eigenvalue weighted by Gasteiger charge is 2.27. The lowest BCUT2D eigenvalue weighted by Gasteiger charge is -2.25. The average molecular weight is 427 g/mol. The Morgan fingerprint density at radius 3 is 2.67 bits per heavy atom. The van der Waals surface area contributed by atoms with Crippen LogP contribution in [0.2, 0.25) is 0 Å². The van der Waals surface area contributed by atoms with Gasteiger partial charge in [0.1, 0.15) is 0 Å². The zero-order chi connectivity index (χ0) is 21.3. The molecule has 7 heteroatoms. The number of likely N-dealkylation sites (tertiary alicyclic amines) is 1. The van der Waals surface area contributed by atoms with Gasteiger partial charge in [-0.1, -0.05) is 26.3 Å². The number of piperidine rings is 1. The van der Waals surface area contributed by atoms with Gasteiger partial charge >= 0.3 is 0 Å². The third-order valence-electron chi connectivity index (χ3n) is 5.87. The number of benzene rings is 1. The second kappa shape index (κ2) is 8.86. The van der Waals surface area contributed by atoms with Crippen LogP contribution in [-0.4, -0.2) is 47.9 Å². The molecule has 160 valence electrons. The first-order valence-electron chi connectivity index (χ1n) is 10.9. The Bertz CT molecular complexity index is 947. The highest BCUT2D eigenvalue weighted by atomic mass is 32.1. The molecule has 1 aromatic carbocycles. The summed E-state index contributed by atoms with van der Waals surface area (Å²) in [5.41, 5.74) is 4.15. The molecule has 0 aliphatic carbocycles. The predicted molar refractivity (Wildman–Crippen MR) is 122 cm³/mol. The monoisotopic (exact) mass is 426 g/mol. The Kier molecular flexibility index (Phi) is 6.20. The fourth-order valence-corrected chi connectivity index (χ4v) is 5.14. The van der Waals surface area contributed by atoms with Crippen LogP contribution in [0.4, 0.5) is 10.8 Å². The SMILES string of the molecule is Cc1sc(NC(=O)CN2CCCCC2)nc1-c1ccc2c(c1)CCN2C(=O)C(C)C. The largest absolute Gasteiger partial charge is 0.312 e. The van der Waals surface area contributed by atoms with Gasteiger partial charge in [-0.15, -0.1) is 11.3 Å². The van der Waals surface area contributed by atoms with E-state index in [2.05, 4.69) is 16.3 Å². The number of hydrogen-bond acceptors (Lipinski definition) is 5. The molecule has 6 nitrogen and oxygen atoms in total. The molecular weight excluding hydrogens is 396 g/mol. The van der Waals surface area contributed by atoms with E-state index in [1.165, 1.54) is 36.2 Å². The molecule has 2 amide bonds. The zero-order valence-corrected chi connectivity index (χ0v) is 18.8. The van der Waals surface area contributed by atoms with E-state index in [1.54, 1.807) is 0 Å². The van der Waals surface area contributed by atoms with Crippen LogP contribution in [0.15, 0.2) is 18.2 Å². The number of anilines is 2. The number of carbonyl (C=O) groups excluding carboxylic acids is 2. The molecule has 2 aromatic rings. The Morgan fingerprint density at radius 2 is 1.93 bits per heavy atom. The lowest BCUT2D eigenvalue weighted by Crippen LogP contribution is -2.36. The van der Waals surface area contributed by atoms with Gasteiger partial charge in [0.05, 0.1) is 12.2 Å². The molecule has 1 fully saturated rings. The van der Waals surface area contributed by atoms with E-state index in [4.69, 9.17) is 4.98 Å². The van der Waals surface area contributed by atoms with Gasteiger partial charge in [0.2, 0.25) is 11.8 Å². The Hall–Kier alpha value is -2.25. The minimum Gasteiger partial charge on any atom is -0.312 e. The number of thiazole rings is 1. The van der Waals surface area contributed by atoms with Crippen molar-refractivity contribution in [3.8, 4) is 11.3 Å². The van der Waals surface area contributed by atoms with E-state index < -0.39 is 0 Å². The minimum atomic E-state index is -0.00693. The van der Waals surface area contributed by atoms with Gasteiger partial charge < -0.3 is 10.2 Å². The molecule has 0 atom stereocenters. The number of nitrogens with zero attached hydrogens (tertiary/aromatic N) is 3. The highest BCUT2D eigenvalue weighted by Crippen LogP contribution is 2.36. The molecule has 2 aliphatic heterocycles. The van der Waals surface area contributed by atoms with E-state index in [-0.39, 0.29) is 17.7 Å². The summed E-state index contributed by atoms with van der Waals surface area (Å²) < 4.78 is 0. The molecule has 3 heterocycles. The molecule has 0 bridgehead atoms. The summed E-state index contributed by atoms with van der Waals surface area (Å²) in [5, 5.41) is 3.64. The number of fused-ring (bicyclic) bond motifs is 1. The Balaban J connectivity index is 1.47. The maximum absolute atomic E-state index is 12.4. The van der Waals surface area contributed by atoms with Gasteiger partial charge in [-0.25, -0.2) is 4.98 Å². The van der Waals surface area contributed by atoms with Crippen LogP contribution in [0.1, 0.15) is 43.6 Å². The smallest absolute Gasteiger partial charge is 0.240 e. The van der Waals surface area contributed by atoms with Crippen LogP contribution in [0.3, 0.4) is 0 Å². The maximum Gasteiger partial charge on any atom is 0.240 e. The van der Waals surface area contributed by atoms with Crippen LogP contribution >= 0.6 is 11.3 Å². The molecule has 2 aliphatic rings. The summed E-state index contributed by atoms with van der Waals surface area (Å²) in [6, 6.07) is 6.21. The van der Waals surface area contributed by atoms with Gasteiger partial charge in [-0.05, 0) is 57.0 Å². The number of aromatic nitrogens is 1. The topological polar surface area (TPSA) is 65.5 Å². The summed E-state index contributed by atoms with van der Waals surface area (Å²) in [5.74, 6) is 0.173. The van der Waals surface area contributed by atoms with Crippen molar-refractivity contribution in [3.05, 3.63) is 28.6 Å². The minimum absolute atomic E-state index is 0.00693. The van der Waals surface area contributed by atoms with Crippen molar-refractivity contribution in [3.63, 3.8) is 0 Å². The van der Waals surface area contributed by atoms with Crippen LogP contribution in [-0.2, 0) is 16.0 Å². The van der Waals surface area contributed by atoms with Gasteiger partial charge in [0.25, 0.3) is 0 Å². The summed E-state index contributed by atoms with van der Waals surface area (Å²) in [4.78, 5) is 34.8. The van der Waals surface area contributed by atoms with Crippen LogP contribution in [0.25, 0.3) is 11.3 Å². The number of aryl methyl sites for hydroxylation is 1. The summed E-state index contributed by atoms with van der Waals surface area (Å²) in [7, 11) is 0. The molecular formula is C23H30N4O2S.